The van der Waals surface area contributed by atoms with Crippen molar-refractivity contribution < 1.29 is 18.3 Å². The van der Waals surface area contributed by atoms with Crippen molar-refractivity contribution in [2.24, 2.45) is 7.05 Å². The number of aromatic carboxylic acids is 1. The molecule has 1 saturated carbocycles. The minimum Gasteiger partial charge on any atom is -0.477 e. The standard InChI is InChI=1S/C14H22N2O4S/c1-3-16(11-7-5-4-6-8-11)21(19,20)12-9-13(14(17)18)15(2)10-12/h9-11H,3-8H2,1-2H3,(H,17,18). The monoisotopic (exact) mass is 314 g/mol. The van der Waals surface area contributed by atoms with Gasteiger partial charge < -0.3 is 9.67 Å². The highest BCUT2D eigenvalue weighted by Gasteiger charge is 2.32. The highest BCUT2D eigenvalue weighted by Crippen LogP contribution is 2.28. The van der Waals surface area contributed by atoms with Crippen molar-refractivity contribution in [3.05, 3.63) is 18.0 Å². The predicted octanol–water partition coefficient (Wildman–Crippen LogP) is 2.07. The Morgan fingerprint density at radius 1 is 1.38 bits per heavy atom. The normalized spacial score (nSPS) is 17.3. The third-order valence-corrected chi connectivity index (χ3v) is 6.09. The van der Waals surface area contributed by atoms with Crippen LogP contribution in [-0.2, 0) is 17.1 Å². The van der Waals surface area contributed by atoms with E-state index >= 15 is 0 Å². The number of hydrogen-bond acceptors (Lipinski definition) is 3. The molecule has 2 rings (SSSR count). The van der Waals surface area contributed by atoms with Crippen LogP contribution in [0.4, 0.5) is 0 Å². The molecule has 6 nitrogen and oxygen atoms in total. The van der Waals surface area contributed by atoms with Gasteiger partial charge >= 0.3 is 5.97 Å². The maximum atomic E-state index is 12.8. The number of nitrogens with zero attached hydrogens (tertiary/aromatic N) is 2. The van der Waals surface area contributed by atoms with Crippen molar-refractivity contribution in [3.63, 3.8) is 0 Å². The van der Waals surface area contributed by atoms with E-state index in [2.05, 4.69) is 0 Å². The molecule has 118 valence electrons. The lowest BCUT2D eigenvalue weighted by molar-refractivity contribution is 0.0686. The zero-order valence-corrected chi connectivity index (χ0v) is 13.3. The number of rotatable bonds is 5. The average molecular weight is 314 g/mol. The first-order valence-electron chi connectivity index (χ1n) is 7.29. The zero-order chi connectivity index (χ0) is 15.6. The summed E-state index contributed by atoms with van der Waals surface area (Å²) in [6, 6.07) is 1.27. The molecule has 1 N–H and O–H groups in total. The van der Waals surface area contributed by atoms with Gasteiger partial charge in [-0.1, -0.05) is 26.2 Å². The maximum Gasteiger partial charge on any atom is 0.352 e. The zero-order valence-electron chi connectivity index (χ0n) is 12.4. The van der Waals surface area contributed by atoms with Crippen molar-refractivity contribution in [2.45, 2.75) is 50.0 Å². The Labute approximate surface area is 125 Å². The SMILES string of the molecule is CCN(C1CCCCC1)S(=O)(=O)c1cc(C(=O)O)n(C)c1. The number of aryl methyl sites for hydroxylation is 1. The molecule has 1 heterocycles. The molecule has 0 unspecified atom stereocenters. The van der Waals surface area contributed by atoms with Gasteiger partial charge in [0, 0.05) is 25.8 Å². The second-order valence-corrected chi connectivity index (χ2v) is 7.37. The van der Waals surface area contributed by atoms with E-state index in [9.17, 15) is 13.2 Å². The van der Waals surface area contributed by atoms with Crippen molar-refractivity contribution in [2.75, 3.05) is 6.54 Å². The minimum absolute atomic E-state index is 0.0201. The first-order valence-corrected chi connectivity index (χ1v) is 8.73. The van der Waals surface area contributed by atoms with E-state index in [1.54, 1.807) is 7.05 Å². The van der Waals surface area contributed by atoms with E-state index < -0.39 is 16.0 Å². The maximum absolute atomic E-state index is 12.8. The molecule has 0 spiro atoms. The molecule has 1 fully saturated rings. The molecule has 0 bridgehead atoms. The van der Waals surface area contributed by atoms with Crippen molar-refractivity contribution in [3.8, 4) is 0 Å². The summed E-state index contributed by atoms with van der Waals surface area (Å²) in [5.74, 6) is -1.13. The first-order chi connectivity index (χ1) is 9.87. The van der Waals surface area contributed by atoms with Crippen molar-refractivity contribution in [1.82, 2.24) is 8.87 Å². The molecule has 1 aliphatic carbocycles. The van der Waals surface area contributed by atoms with E-state index in [1.165, 1.54) is 21.1 Å². The molecule has 0 saturated heterocycles. The van der Waals surface area contributed by atoms with Gasteiger partial charge in [-0.15, -0.1) is 0 Å². The van der Waals surface area contributed by atoms with Crippen LogP contribution in [0.3, 0.4) is 0 Å². The predicted molar refractivity (Wildman–Crippen MR) is 78.8 cm³/mol. The number of carboxylic acids is 1. The van der Waals surface area contributed by atoms with Crippen LogP contribution in [0.2, 0.25) is 0 Å². The second kappa shape index (κ2) is 6.19. The smallest absolute Gasteiger partial charge is 0.352 e. The Hall–Kier alpha value is -1.34. The van der Waals surface area contributed by atoms with E-state index in [4.69, 9.17) is 5.11 Å². The van der Waals surface area contributed by atoms with Gasteiger partial charge in [0.25, 0.3) is 0 Å². The molecule has 1 aromatic heterocycles. The summed E-state index contributed by atoms with van der Waals surface area (Å²) in [5, 5.41) is 9.06. The molecular weight excluding hydrogens is 292 g/mol. The molecule has 0 atom stereocenters. The highest BCUT2D eigenvalue weighted by molar-refractivity contribution is 7.89. The second-order valence-electron chi connectivity index (χ2n) is 5.48. The van der Waals surface area contributed by atoms with E-state index in [1.807, 2.05) is 6.92 Å². The van der Waals surface area contributed by atoms with Gasteiger partial charge in [0.15, 0.2) is 0 Å². The summed E-state index contributed by atoms with van der Waals surface area (Å²) in [7, 11) is -2.10. The van der Waals surface area contributed by atoms with Gasteiger partial charge in [-0.3, -0.25) is 0 Å². The lowest BCUT2D eigenvalue weighted by Gasteiger charge is -2.32. The summed E-state index contributed by atoms with van der Waals surface area (Å²) >= 11 is 0. The minimum atomic E-state index is -3.64. The fourth-order valence-electron chi connectivity index (χ4n) is 3.02. The molecule has 0 amide bonds. The largest absolute Gasteiger partial charge is 0.477 e. The van der Waals surface area contributed by atoms with Crippen LogP contribution in [-0.4, -0.2) is 41.0 Å². The van der Waals surface area contributed by atoms with Crippen LogP contribution in [0.25, 0.3) is 0 Å². The van der Waals surface area contributed by atoms with Gasteiger partial charge in [-0.25, -0.2) is 13.2 Å². The fraction of sp³-hybridized carbons (Fsp3) is 0.643. The molecule has 0 radical (unpaired) electrons. The van der Waals surface area contributed by atoms with Gasteiger partial charge in [-0.05, 0) is 18.9 Å². The number of hydrogen-bond donors (Lipinski definition) is 1. The molecule has 21 heavy (non-hydrogen) atoms. The topological polar surface area (TPSA) is 79.6 Å². The van der Waals surface area contributed by atoms with Gasteiger partial charge in [0.1, 0.15) is 10.6 Å². The van der Waals surface area contributed by atoms with Gasteiger partial charge in [-0.2, -0.15) is 4.31 Å². The Bertz CT molecular complexity index is 615. The molecule has 0 aliphatic heterocycles. The lowest BCUT2D eigenvalue weighted by atomic mass is 9.95. The summed E-state index contributed by atoms with van der Waals surface area (Å²) < 4.78 is 28.4. The quantitative estimate of drug-likeness (QED) is 0.902. The van der Waals surface area contributed by atoms with Crippen molar-refractivity contribution >= 4 is 16.0 Å². The van der Waals surface area contributed by atoms with E-state index in [-0.39, 0.29) is 16.6 Å². The number of sulfonamides is 1. The number of aromatic nitrogens is 1. The van der Waals surface area contributed by atoms with Gasteiger partial charge in [0.05, 0.1) is 0 Å². The average Bonchev–Trinajstić information content (AvgIpc) is 2.83. The van der Waals surface area contributed by atoms with Crippen LogP contribution in [0.1, 0.15) is 49.5 Å². The third-order valence-electron chi connectivity index (χ3n) is 4.10. The van der Waals surface area contributed by atoms with Crippen LogP contribution in [0, 0.1) is 0 Å². The van der Waals surface area contributed by atoms with E-state index in [0.29, 0.717) is 6.54 Å². The number of carbonyl (C=O) groups is 1. The Morgan fingerprint density at radius 3 is 2.48 bits per heavy atom. The third kappa shape index (κ3) is 3.13. The van der Waals surface area contributed by atoms with Gasteiger partial charge in [0.2, 0.25) is 10.0 Å². The van der Waals surface area contributed by atoms with Crippen LogP contribution in [0.15, 0.2) is 17.2 Å². The molecular formula is C14H22N2O4S. The Balaban J connectivity index is 2.34. The highest BCUT2D eigenvalue weighted by atomic mass is 32.2. The summed E-state index contributed by atoms with van der Waals surface area (Å²) in [6.45, 7) is 2.23. The molecule has 7 heteroatoms. The van der Waals surface area contributed by atoms with Crippen LogP contribution >= 0.6 is 0 Å². The Kier molecular flexibility index (Phi) is 4.73. The summed E-state index contributed by atoms with van der Waals surface area (Å²) in [6.07, 6.45) is 6.39. The summed E-state index contributed by atoms with van der Waals surface area (Å²) in [4.78, 5) is 11.1. The van der Waals surface area contributed by atoms with E-state index in [0.717, 1.165) is 32.1 Å². The Morgan fingerprint density at radius 2 is 2.00 bits per heavy atom. The molecule has 1 aromatic rings. The fourth-order valence-corrected chi connectivity index (χ4v) is 4.78. The van der Waals surface area contributed by atoms with Crippen LogP contribution < -0.4 is 0 Å². The summed E-state index contributed by atoms with van der Waals surface area (Å²) in [5.41, 5.74) is -0.0201. The lowest BCUT2D eigenvalue weighted by Crippen LogP contribution is -2.41. The first kappa shape index (κ1) is 16.0. The van der Waals surface area contributed by atoms with Crippen LogP contribution in [0.5, 0.6) is 0 Å². The number of carboxylic acid groups (broad SMARTS) is 1. The van der Waals surface area contributed by atoms with Crippen molar-refractivity contribution in [1.29, 1.82) is 0 Å². The molecule has 0 aromatic carbocycles. The molecule has 1 aliphatic rings.